The molecule has 0 radical (unpaired) electrons. The van der Waals surface area contributed by atoms with Crippen LogP contribution in [0, 0.1) is 13.8 Å². The molecule has 0 aliphatic carbocycles. The minimum atomic E-state index is -3.77. The second-order valence-electron chi connectivity index (χ2n) is 6.48. The van der Waals surface area contributed by atoms with E-state index in [9.17, 15) is 13.2 Å². The Bertz CT molecular complexity index is 740. The molecular weight excluding hydrogens is 344 g/mol. The van der Waals surface area contributed by atoms with Crippen LogP contribution < -0.4 is 10.0 Å². The van der Waals surface area contributed by atoms with Gasteiger partial charge < -0.3 is 14.8 Å². The number of methoxy groups -OCH3 is 2. The molecule has 2 rings (SSSR count). The average Bonchev–Trinajstić information content (AvgIpc) is 3.04. The van der Waals surface area contributed by atoms with Gasteiger partial charge in [0, 0.05) is 13.7 Å². The van der Waals surface area contributed by atoms with Crippen molar-refractivity contribution in [3.8, 4) is 0 Å². The van der Waals surface area contributed by atoms with E-state index in [2.05, 4.69) is 10.0 Å². The molecule has 25 heavy (non-hydrogen) atoms. The van der Waals surface area contributed by atoms with Crippen LogP contribution in [0.1, 0.15) is 34.3 Å². The predicted molar refractivity (Wildman–Crippen MR) is 94.3 cm³/mol. The Morgan fingerprint density at radius 2 is 2.04 bits per heavy atom. The molecule has 0 bridgehead atoms. The summed E-state index contributed by atoms with van der Waals surface area (Å²) in [5.41, 5.74) is 1.15. The first-order valence-corrected chi connectivity index (χ1v) is 9.66. The van der Waals surface area contributed by atoms with Gasteiger partial charge in [-0.25, -0.2) is 17.9 Å². The molecule has 7 nitrogen and oxygen atoms in total. The molecule has 1 aromatic carbocycles. The topological polar surface area (TPSA) is 93.7 Å². The highest BCUT2D eigenvalue weighted by Gasteiger charge is 2.35. The van der Waals surface area contributed by atoms with Gasteiger partial charge in [0.25, 0.3) is 0 Å². The molecule has 1 unspecified atom stereocenters. The maximum Gasteiger partial charge on any atom is 0.337 e. The number of carbonyl (C=O) groups excluding carboxylic acids is 1. The number of ether oxygens (including phenoxy) is 2. The Hall–Kier alpha value is -1.48. The first-order valence-electron chi connectivity index (χ1n) is 8.18. The van der Waals surface area contributed by atoms with Gasteiger partial charge in [-0.2, -0.15) is 0 Å². The third-order valence-electron chi connectivity index (χ3n) is 4.68. The highest BCUT2D eigenvalue weighted by atomic mass is 32.2. The van der Waals surface area contributed by atoms with Crippen molar-refractivity contribution in [2.75, 3.05) is 33.9 Å². The van der Waals surface area contributed by atoms with Crippen molar-refractivity contribution in [3.63, 3.8) is 0 Å². The van der Waals surface area contributed by atoms with E-state index >= 15 is 0 Å². The summed E-state index contributed by atoms with van der Waals surface area (Å²) in [7, 11) is -0.906. The van der Waals surface area contributed by atoms with Crippen LogP contribution in [0.3, 0.4) is 0 Å². The van der Waals surface area contributed by atoms with E-state index in [1.165, 1.54) is 13.2 Å². The molecule has 1 atom stereocenters. The Balaban J connectivity index is 2.30. The molecule has 1 aromatic rings. The molecule has 140 valence electrons. The third kappa shape index (κ3) is 4.38. The zero-order valence-corrected chi connectivity index (χ0v) is 16.0. The normalized spacial score (nSPS) is 20.6. The zero-order valence-electron chi connectivity index (χ0n) is 15.1. The van der Waals surface area contributed by atoms with Crippen molar-refractivity contribution >= 4 is 16.0 Å². The first-order chi connectivity index (χ1) is 11.7. The van der Waals surface area contributed by atoms with Gasteiger partial charge in [0.1, 0.15) is 0 Å². The van der Waals surface area contributed by atoms with Gasteiger partial charge in [-0.1, -0.05) is 0 Å². The lowest BCUT2D eigenvalue weighted by molar-refractivity contribution is 0.0600. The lowest BCUT2D eigenvalue weighted by Crippen LogP contribution is -2.52. The van der Waals surface area contributed by atoms with Gasteiger partial charge in [0.2, 0.25) is 10.0 Å². The number of rotatable bonds is 7. The standard InChI is InChI=1S/C17H26N2O5S/c1-12-8-14(16(20)24-4)9-15(13(12)2)25(21,22)19-10-17(11-23-3)6-5-7-18-17/h8-9,18-19H,5-7,10-11H2,1-4H3. The number of aryl methyl sites for hydroxylation is 1. The molecule has 1 fully saturated rings. The summed E-state index contributed by atoms with van der Waals surface area (Å²) in [5, 5.41) is 3.33. The van der Waals surface area contributed by atoms with Crippen LogP contribution in [-0.4, -0.2) is 53.8 Å². The van der Waals surface area contributed by atoms with Crippen molar-refractivity contribution in [2.45, 2.75) is 37.1 Å². The van der Waals surface area contributed by atoms with Crippen molar-refractivity contribution in [1.29, 1.82) is 0 Å². The van der Waals surface area contributed by atoms with E-state index in [-0.39, 0.29) is 17.0 Å². The summed E-state index contributed by atoms with van der Waals surface area (Å²) >= 11 is 0. The summed E-state index contributed by atoms with van der Waals surface area (Å²) in [6, 6.07) is 2.99. The quantitative estimate of drug-likeness (QED) is 0.699. The van der Waals surface area contributed by atoms with Gasteiger partial charge in [-0.05, 0) is 56.5 Å². The van der Waals surface area contributed by atoms with Gasteiger partial charge in [-0.3, -0.25) is 0 Å². The Labute approximate surface area is 149 Å². The smallest absolute Gasteiger partial charge is 0.337 e. The number of carbonyl (C=O) groups is 1. The molecule has 2 N–H and O–H groups in total. The molecule has 0 aromatic heterocycles. The van der Waals surface area contributed by atoms with Crippen LogP contribution >= 0.6 is 0 Å². The number of esters is 1. The average molecular weight is 370 g/mol. The summed E-state index contributed by atoms with van der Waals surface area (Å²) in [6.45, 7) is 4.98. The third-order valence-corrected chi connectivity index (χ3v) is 6.21. The number of hydrogen-bond donors (Lipinski definition) is 2. The first kappa shape index (κ1) is 19.8. The maximum atomic E-state index is 12.8. The van der Waals surface area contributed by atoms with E-state index in [4.69, 9.17) is 9.47 Å². The molecule has 1 saturated heterocycles. The summed E-state index contributed by atoms with van der Waals surface area (Å²) in [5.74, 6) is -0.562. The molecule has 8 heteroatoms. The molecule has 0 spiro atoms. The van der Waals surface area contributed by atoms with Crippen molar-refractivity contribution < 1.29 is 22.7 Å². The van der Waals surface area contributed by atoms with E-state index < -0.39 is 21.5 Å². The van der Waals surface area contributed by atoms with E-state index in [1.807, 2.05) is 0 Å². The fraction of sp³-hybridized carbons (Fsp3) is 0.588. The molecule has 0 saturated carbocycles. The number of hydrogen-bond acceptors (Lipinski definition) is 6. The Morgan fingerprint density at radius 3 is 2.60 bits per heavy atom. The lowest BCUT2D eigenvalue weighted by Gasteiger charge is -2.29. The second-order valence-corrected chi connectivity index (χ2v) is 8.21. The molecule has 0 amide bonds. The van der Waals surface area contributed by atoms with Crippen LogP contribution in [0.15, 0.2) is 17.0 Å². The molecular formula is C17H26N2O5S. The van der Waals surface area contributed by atoms with Crippen molar-refractivity contribution in [2.24, 2.45) is 0 Å². The minimum absolute atomic E-state index is 0.0958. The minimum Gasteiger partial charge on any atom is -0.465 e. The van der Waals surface area contributed by atoms with Crippen molar-refractivity contribution in [1.82, 2.24) is 10.0 Å². The SMILES string of the molecule is COCC1(CNS(=O)(=O)c2cc(C(=O)OC)cc(C)c2C)CCCN1. The number of benzene rings is 1. The van der Waals surface area contributed by atoms with E-state index in [0.29, 0.717) is 17.7 Å². The lowest BCUT2D eigenvalue weighted by atomic mass is 9.99. The highest BCUT2D eigenvalue weighted by Crippen LogP contribution is 2.24. The highest BCUT2D eigenvalue weighted by molar-refractivity contribution is 7.89. The van der Waals surface area contributed by atoms with Crippen LogP contribution in [0.25, 0.3) is 0 Å². The monoisotopic (exact) mass is 370 g/mol. The van der Waals surface area contributed by atoms with Gasteiger partial charge in [-0.15, -0.1) is 0 Å². The summed E-state index contributed by atoms with van der Waals surface area (Å²) in [6.07, 6.45) is 1.81. The van der Waals surface area contributed by atoms with Crippen LogP contribution in [0.5, 0.6) is 0 Å². The maximum absolute atomic E-state index is 12.8. The largest absolute Gasteiger partial charge is 0.465 e. The van der Waals surface area contributed by atoms with Crippen molar-refractivity contribution in [3.05, 3.63) is 28.8 Å². The zero-order chi connectivity index (χ0) is 18.7. The molecule has 1 aliphatic heterocycles. The Morgan fingerprint density at radius 1 is 1.32 bits per heavy atom. The fourth-order valence-corrected chi connectivity index (χ4v) is 4.59. The van der Waals surface area contributed by atoms with Gasteiger partial charge in [0.15, 0.2) is 0 Å². The van der Waals surface area contributed by atoms with E-state index in [1.54, 1.807) is 27.0 Å². The summed E-state index contributed by atoms with van der Waals surface area (Å²) < 4.78 is 38.3. The van der Waals surface area contributed by atoms with E-state index in [0.717, 1.165) is 19.4 Å². The summed E-state index contributed by atoms with van der Waals surface area (Å²) in [4.78, 5) is 11.9. The fourth-order valence-electron chi connectivity index (χ4n) is 3.12. The second kappa shape index (κ2) is 7.82. The molecule has 1 heterocycles. The van der Waals surface area contributed by atoms with Crippen LogP contribution in [-0.2, 0) is 19.5 Å². The molecule has 1 aliphatic rings. The predicted octanol–water partition coefficient (Wildman–Crippen LogP) is 1.14. The number of sulfonamides is 1. The van der Waals surface area contributed by atoms with Gasteiger partial charge >= 0.3 is 5.97 Å². The van der Waals surface area contributed by atoms with Gasteiger partial charge in [0.05, 0.1) is 29.7 Å². The van der Waals surface area contributed by atoms with Crippen LogP contribution in [0.2, 0.25) is 0 Å². The number of nitrogens with one attached hydrogen (secondary N) is 2. The van der Waals surface area contributed by atoms with Crippen LogP contribution in [0.4, 0.5) is 0 Å². The Kier molecular flexibility index (Phi) is 6.21.